The van der Waals surface area contributed by atoms with E-state index in [0.717, 1.165) is 42.5 Å². The van der Waals surface area contributed by atoms with Crippen LogP contribution in [-0.4, -0.2) is 44.0 Å². The standard InChI is InChI=1S/C19H27N5OS/c1-5-11-23(12-6-2)18(25)17-16(15-9-7-13(3)8-10-15)22-24-14(4)20-21-19(24)26-17/h7-10,16-17,22H,5-6,11-12H2,1-4H3/t16-,17-/m0/s1. The molecular weight excluding hydrogens is 346 g/mol. The zero-order valence-corrected chi connectivity index (χ0v) is 16.7. The summed E-state index contributed by atoms with van der Waals surface area (Å²) in [5.74, 6) is 0.971. The zero-order valence-electron chi connectivity index (χ0n) is 15.9. The van der Waals surface area contributed by atoms with Crippen LogP contribution < -0.4 is 5.43 Å². The Morgan fingerprint density at radius 2 is 1.81 bits per heavy atom. The van der Waals surface area contributed by atoms with Gasteiger partial charge in [-0.05, 0) is 32.3 Å². The minimum Gasteiger partial charge on any atom is -0.342 e. The van der Waals surface area contributed by atoms with Crippen LogP contribution in [0, 0.1) is 13.8 Å². The first kappa shape index (κ1) is 18.8. The molecule has 6 nitrogen and oxygen atoms in total. The van der Waals surface area contributed by atoms with Crippen LogP contribution >= 0.6 is 11.8 Å². The van der Waals surface area contributed by atoms with Crippen LogP contribution in [0.1, 0.15) is 49.7 Å². The first-order valence-electron chi connectivity index (χ1n) is 9.25. The van der Waals surface area contributed by atoms with Crippen LogP contribution in [0.5, 0.6) is 0 Å². The number of hydrogen-bond acceptors (Lipinski definition) is 5. The lowest BCUT2D eigenvalue weighted by atomic mass is 10.0. The third-order valence-corrected chi connectivity index (χ3v) is 5.78. The summed E-state index contributed by atoms with van der Waals surface area (Å²) >= 11 is 1.51. The second kappa shape index (κ2) is 8.12. The minimum atomic E-state index is -0.257. The average Bonchev–Trinajstić information content (AvgIpc) is 3.01. The van der Waals surface area contributed by atoms with Crippen molar-refractivity contribution in [3.05, 3.63) is 41.2 Å². The molecule has 2 atom stereocenters. The lowest BCUT2D eigenvalue weighted by Crippen LogP contribution is -2.46. The van der Waals surface area contributed by atoms with Gasteiger partial charge in [0.15, 0.2) is 0 Å². The molecule has 1 amide bonds. The van der Waals surface area contributed by atoms with Crippen molar-refractivity contribution in [2.45, 2.75) is 57.0 Å². The summed E-state index contributed by atoms with van der Waals surface area (Å²) in [4.78, 5) is 15.3. The summed E-state index contributed by atoms with van der Waals surface area (Å²) in [6.45, 7) is 9.78. The van der Waals surface area contributed by atoms with Crippen LogP contribution in [-0.2, 0) is 4.79 Å². The predicted molar refractivity (Wildman–Crippen MR) is 105 cm³/mol. The number of carbonyl (C=O) groups excluding carboxylic acids is 1. The fourth-order valence-corrected chi connectivity index (χ4v) is 4.43. The number of fused-ring (bicyclic) bond motifs is 1. The number of aromatic nitrogens is 3. The third kappa shape index (κ3) is 3.72. The SMILES string of the molecule is CCCN(CCC)C(=O)[C@H]1Sc2nnc(C)n2N[C@H]1c1ccc(C)cc1. The Morgan fingerprint density at radius 3 is 2.42 bits per heavy atom. The van der Waals surface area contributed by atoms with E-state index in [1.54, 1.807) is 0 Å². The molecule has 1 N–H and O–H groups in total. The Balaban J connectivity index is 1.95. The molecule has 7 heteroatoms. The van der Waals surface area contributed by atoms with Gasteiger partial charge in [0.25, 0.3) is 0 Å². The van der Waals surface area contributed by atoms with Crippen LogP contribution in [0.15, 0.2) is 29.4 Å². The maximum atomic E-state index is 13.4. The molecule has 0 fully saturated rings. The van der Waals surface area contributed by atoms with E-state index in [1.807, 2.05) is 16.5 Å². The molecule has 0 saturated heterocycles. The molecule has 0 bridgehead atoms. The predicted octanol–water partition coefficient (Wildman–Crippen LogP) is 3.30. The van der Waals surface area contributed by atoms with E-state index in [0.29, 0.717) is 0 Å². The van der Waals surface area contributed by atoms with Gasteiger partial charge in [-0.15, -0.1) is 10.2 Å². The molecular formula is C19H27N5OS. The van der Waals surface area contributed by atoms with Crippen molar-refractivity contribution in [2.24, 2.45) is 0 Å². The quantitative estimate of drug-likeness (QED) is 0.842. The molecule has 3 rings (SSSR count). The number of thioether (sulfide) groups is 1. The number of nitrogens with zero attached hydrogens (tertiary/aromatic N) is 4. The van der Waals surface area contributed by atoms with Gasteiger partial charge < -0.3 is 10.3 Å². The Bertz CT molecular complexity index is 752. The summed E-state index contributed by atoms with van der Waals surface area (Å²) in [5, 5.41) is 8.87. The maximum Gasteiger partial charge on any atom is 0.238 e. The van der Waals surface area contributed by atoms with E-state index >= 15 is 0 Å². The maximum absolute atomic E-state index is 13.4. The molecule has 0 aliphatic carbocycles. The Labute approximate surface area is 159 Å². The normalized spacial score (nSPS) is 18.9. The molecule has 26 heavy (non-hydrogen) atoms. The van der Waals surface area contributed by atoms with Gasteiger partial charge >= 0.3 is 0 Å². The molecule has 0 saturated carbocycles. The first-order valence-corrected chi connectivity index (χ1v) is 10.1. The fraction of sp³-hybridized carbons (Fsp3) is 0.526. The Kier molecular flexibility index (Phi) is 5.86. The van der Waals surface area contributed by atoms with Crippen molar-refractivity contribution >= 4 is 17.7 Å². The van der Waals surface area contributed by atoms with E-state index in [2.05, 4.69) is 60.7 Å². The highest BCUT2D eigenvalue weighted by atomic mass is 32.2. The lowest BCUT2D eigenvalue weighted by molar-refractivity contribution is -0.131. The largest absolute Gasteiger partial charge is 0.342 e. The van der Waals surface area contributed by atoms with Gasteiger partial charge in [0.05, 0.1) is 6.04 Å². The smallest absolute Gasteiger partial charge is 0.238 e. The highest BCUT2D eigenvalue weighted by Crippen LogP contribution is 2.38. The van der Waals surface area contributed by atoms with Gasteiger partial charge in [-0.3, -0.25) is 4.79 Å². The summed E-state index contributed by atoms with van der Waals surface area (Å²) in [5.41, 5.74) is 5.79. The second-order valence-corrected chi connectivity index (χ2v) is 7.86. The van der Waals surface area contributed by atoms with Gasteiger partial charge in [-0.25, -0.2) is 4.68 Å². The van der Waals surface area contributed by atoms with E-state index in [9.17, 15) is 4.79 Å². The lowest BCUT2D eigenvalue weighted by Gasteiger charge is -2.35. The van der Waals surface area contributed by atoms with Crippen molar-refractivity contribution in [1.29, 1.82) is 0 Å². The summed E-state index contributed by atoms with van der Waals surface area (Å²) < 4.78 is 1.89. The van der Waals surface area contributed by atoms with Crippen LogP contribution in [0.2, 0.25) is 0 Å². The Morgan fingerprint density at radius 1 is 1.15 bits per heavy atom. The molecule has 140 valence electrons. The van der Waals surface area contributed by atoms with Crippen LogP contribution in [0.4, 0.5) is 0 Å². The topological polar surface area (TPSA) is 63.1 Å². The highest BCUT2D eigenvalue weighted by Gasteiger charge is 2.39. The van der Waals surface area contributed by atoms with Crippen molar-refractivity contribution < 1.29 is 4.79 Å². The highest BCUT2D eigenvalue weighted by molar-refractivity contribution is 8.00. The van der Waals surface area contributed by atoms with E-state index in [1.165, 1.54) is 17.3 Å². The third-order valence-electron chi connectivity index (χ3n) is 4.58. The van der Waals surface area contributed by atoms with Gasteiger partial charge in [-0.2, -0.15) is 0 Å². The fourth-order valence-electron chi connectivity index (χ4n) is 3.22. The van der Waals surface area contributed by atoms with Gasteiger partial charge in [0.2, 0.25) is 11.1 Å². The number of rotatable bonds is 6. The number of nitrogens with one attached hydrogen (secondary N) is 1. The van der Waals surface area contributed by atoms with E-state index in [4.69, 9.17) is 0 Å². The second-order valence-electron chi connectivity index (χ2n) is 6.75. The number of benzene rings is 1. The van der Waals surface area contributed by atoms with Crippen LogP contribution in [0.25, 0.3) is 0 Å². The summed E-state index contributed by atoms with van der Waals surface area (Å²) in [6, 6.07) is 8.26. The molecule has 0 radical (unpaired) electrons. The van der Waals surface area contributed by atoms with E-state index < -0.39 is 0 Å². The molecule has 1 aliphatic heterocycles. The van der Waals surface area contributed by atoms with E-state index in [-0.39, 0.29) is 17.2 Å². The monoisotopic (exact) mass is 373 g/mol. The first-order chi connectivity index (χ1) is 12.5. The molecule has 0 unspecified atom stereocenters. The number of hydrogen-bond donors (Lipinski definition) is 1. The van der Waals surface area contributed by atoms with Gasteiger partial charge in [-0.1, -0.05) is 55.4 Å². The molecule has 1 aromatic carbocycles. The van der Waals surface area contributed by atoms with Crippen molar-refractivity contribution in [2.75, 3.05) is 18.5 Å². The minimum absolute atomic E-state index is 0.119. The molecule has 2 heterocycles. The summed E-state index contributed by atoms with van der Waals surface area (Å²) in [7, 11) is 0. The zero-order chi connectivity index (χ0) is 18.7. The van der Waals surface area contributed by atoms with Crippen molar-refractivity contribution in [3.8, 4) is 0 Å². The van der Waals surface area contributed by atoms with Crippen molar-refractivity contribution in [1.82, 2.24) is 19.8 Å². The Hall–Kier alpha value is -2.02. The molecule has 2 aromatic rings. The average molecular weight is 374 g/mol. The van der Waals surface area contributed by atoms with Crippen LogP contribution in [0.3, 0.4) is 0 Å². The number of aryl methyl sites for hydroxylation is 2. The molecule has 1 aromatic heterocycles. The summed E-state index contributed by atoms with van der Waals surface area (Å²) in [6.07, 6.45) is 1.92. The van der Waals surface area contributed by atoms with Gasteiger partial charge in [0, 0.05) is 13.1 Å². The number of amides is 1. The number of carbonyl (C=O) groups is 1. The molecule has 1 aliphatic rings. The molecule has 0 spiro atoms. The van der Waals surface area contributed by atoms with Crippen molar-refractivity contribution in [3.63, 3.8) is 0 Å². The van der Waals surface area contributed by atoms with Gasteiger partial charge in [0.1, 0.15) is 11.1 Å².